The van der Waals surface area contributed by atoms with Gasteiger partial charge in [-0.05, 0) is 32.6 Å². The second-order valence-electron chi connectivity index (χ2n) is 4.64. The maximum Gasteiger partial charge on any atom is 0.317 e. The minimum Gasteiger partial charge on any atom is -0.335 e. The van der Waals surface area contributed by atoms with Crippen molar-refractivity contribution in [1.29, 1.82) is 0 Å². The Morgan fingerprint density at radius 1 is 1.40 bits per heavy atom. The topological polar surface area (TPSA) is 32.3 Å². The van der Waals surface area contributed by atoms with E-state index in [1.807, 2.05) is 24.8 Å². The fourth-order valence-corrected chi connectivity index (χ4v) is 1.67. The van der Waals surface area contributed by atoms with Crippen LogP contribution in [-0.2, 0) is 0 Å². The number of nitrogens with one attached hydrogen (secondary N) is 1. The number of nitrogens with zero attached hydrogens (tertiary/aromatic N) is 1. The Balaban J connectivity index is 2.25. The zero-order valence-electron chi connectivity index (χ0n) is 10.0. The molecule has 0 aromatic rings. The summed E-state index contributed by atoms with van der Waals surface area (Å²) in [4.78, 5) is 13.6. The molecule has 1 aliphatic heterocycles. The summed E-state index contributed by atoms with van der Waals surface area (Å²) in [7, 11) is 0. The van der Waals surface area contributed by atoms with Gasteiger partial charge in [0.05, 0.1) is 0 Å². The molecular formula is C12H22N2O. The summed E-state index contributed by atoms with van der Waals surface area (Å²) in [5, 5.41) is 2.91. The number of hydrogen-bond donors (Lipinski definition) is 1. The predicted octanol–water partition coefficient (Wildman–Crippen LogP) is 2.39. The summed E-state index contributed by atoms with van der Waals surface area (Å²) in [5.74, 6) is 0.770. The van der Waals surface area contributed by atoms with Gasteiger partial charge >= 0.3 is 6.03 Å². The molecule has 1 heterocycles. The lowest BCUT2D eigenvalue weighted by atomic mass is 10.00. The third-order valence-electron chi connectivity index (χ3n) is 2.83. The first-order valence-corrected chi connectivity index (χ1v) is 5.75. The van der Waals surface area contributed by atoms with Crippen molar-refractivity contribution in [3.63, 3.8) is 0 Å². The minimum atomic E-state index is 0.0828. The highest BCUT2D eigenvalue weighted by Gasteiger charge is 2.19. The summed E-state index contributed by atoms with van der Waals surface area (Å²) >= 11 is 0. The average Bonchev–Trinajstić information content (AvgIpc) is 2.18. The van der Waals surface area contributed by atoms with E-state index in [0.717, 1.165) is 31.8 Å². The summed E-state index contributed by atoms with van der Waals surface area (Å²) in [6.07, 6.45) is 4.30. The molecule has 1 N–H and O–H groups in total. The van der Waals surface area contributed by atoms with Crippen LogP contribution in [-0.4, -0.2) is 30.6 Å². The van der Waals surface area contributed by atoms with Gasteiger partial charge in [-0.15, -0.1) is 0 Å². The van der Waals surface area contributed by atoms with Gasteiger partial charge in [0, 0.05) is 19.6 Å². The highest BCUT2D eigenvalue weighted by Crippen LogP contribution is 2.15. The Labute approximate surface area is 92.5 Å². The van der Waals surface area contributed by atoms with Crippen LogP contribution in [0, 0.1) is 5.92 Å². The Kier molecular flexibility index (Phi) is 4.66. The summed E-state index contributed by atoms with van der Waals surface area (Å²) < 4.78 is 0. The molecule has 0 atom stereocenters. The maximum absolute atomic E-state index is 11.7. The molecule has 0 saturated carbocycles. The number of amides is 2. The van der Waals surface area contributed by atoms with E-state index in [1.54, 1.807) is 0 Å². The van der Waals surface area contributed by atoms with Gasteiger partial charge in [-0.25, -0.2) is 4.79 Å². The number of carbonyl (C=O) groups is 1. The van der Waals surface area contributed by atoms with Crippen molar-refractivity contribution in [2.24, 2.45) is 5.92 Å². The quantitative estimate of drug-likeness (QED) is 0.697. The summed E-state index contributed by atoms with van der Waals surface area (Å²) in [5.41, 5.74) is 1.24. The van der Waals surface area contributed by atoms with E-state index in [4.69, 9.17) is 0 Å². The van der Waals surface area contributed by atoms with E-state index in [9.17, 15) is 4.79 Å². The molecule has 1 fully saturated rings. The first-order chi connectivity index (χ1) is 7.09. The first-order valence-electron chi connectivity index (χ1n) is 5.75. The number of hydrogen-bond acceptors (Lipinski definition) is 1. The lowest BCUT2D eigenvalue weighted by Gasteiger charge is -2.30. The van der Waals surface area contributed by atoms with Gasteiger partial charge in [0.2, 0.25) is 0 Å². The van der Waals surface area contributed by atoms with Crippen molar-refractivity contribution in [3.05, 3.63) is 11.6 Å². The van der Waals surface area contributed by atoms with Gasteiger partial charge in [0.25, 0.3) is 0 Å². The molecule has 0 aliphatic carbocycles. The minimum absolute atomic E-state index is 0.0828. The zero-order chi connectivity index (χ0) is 11.3. The molecule has 1 rings (SSSR count). The van der Waals surface area contributed by atoms with E-state index in [-0.39, 0.29) is 6.03 Å². The molecule has 2 amide bonds. The Morgan fingerprint density at radius 2 is 2.00 bits per heavy atom. The molecule has 0 aromatic carbocycles. The number of urea groups is 1. The Hall–Kier alpha value is -0.990. The zero-order valence-corrected chi connectivity index (χ0v) is 10.0. The average molecular weight is 210 g/mol. The van der Waals surface area contributed by atoms with E-state index in [1.165, 1.54) is 5.57 Å². The lowest BCUT2D eigenvalue weighted by Crippen LogP contribution is -2.44. The molecule has 86 valence electrons. The molecule has 3 nitrogen and oxygen atoms in total. The van der Waals surface area contributed by atoms with E-state index < -0.39 is 0 Å². The van der Waals surface area contributed by atoms with Gasteiger partial charge in [0.15, 0.2) is 0 Å². The van der Waals surface area contributed by atoms with Crippen molar-refractivity contribution < 1.29 is 4.79 Å². The number of piperidine rings is 1. The van der Waals surface area contributed by atoms with Crippen LogP contribution in [0.1, 0.15) is 33.6 Å². The first kappa shape index (κ1) is 12.1. The van der Waals surface area contributed by atoms with Crippen LogP contribution in [0.15, 0.2) is 11.6 Å². The molecule has 1 aliphatic rings. The van der Waals surface area contributed by atoms with Crippen molar-refractivity contribution in [2.45, 2.75) is 33.6 Å². The fraction of sp³-hybridized carbons (Fsp3) is 0.750. The second-order valence-corrected chi connectivity index (χ2v) is 4.64. The summed E-state index contributed by atoms with van der Waals surface area (Å²) in [6.45, 7) is 8.78. The predicted molar refractivity (Wildman–Crippen MR) is 62.8 cm³/mol. The molecule has 0 bridgehead atoms. The standard InChI is InChI=1S/C12H22N2O/c1-10(2)4-7-13-12(15)14-8-5-11(3)6-9-14/h4,11H,5-9H2,1-3H3,(H,13,15). The summed E-state index contributed by atoms with van der Waals surface area (Å²) in [6, 6.07) is 0.0828. The van der Waals surface area contributed by atoms with Crippen molar-refractivity contribution in [3.8, 4) is 0 Å². The number of carbonyl (C=O) groups excluding carboxylic acids is 1. The van der Waals surface area contributed by atoms with E-state index in [2.05, 4.69) is 12.2 Å². The Morgan fingerprint density at radius 3 is 2.53 bits per heavy atom. The van der Waals surface area contributed by atoms with Crippen LogP contribution in [0.4, 0.5) is 4.79 Å². The number of allylic oxidation sites excluding steroid dienone is 1. The highest BCUT2D eigenvalue weighted by molar-refractivity contribution is 5.74. The van der Waals surface area contributed by atoms with Crippen LogP contribution in [0.25, 0.3) is 0 Å². The van der Waals surface area contributed by atoms with Crippen molar-refractivity contribution >= 4 is 6.03 Å². The SMILES string of the molecule is CC(C)=CCNC(=O)N1CCC(C)CC1. The highest BCUT2D eigenvalue weighted by atomic mass is 16.2. The Bertz CT molecular complexity index is 236. The molecule has 3 heteroatoms. The molecule has 0 aromatic heterocycles. The maximum atomic E-state index is 11.7. The molecule has 1 saturated heterocycles. The molecule has 0 unspecified atom stereocenters. The van der Waals surface area contributed by atoms with E-state index >= 15 is 0 Å². The van der Waals surface area contributed by atoms with Crippen LogP contribution in [0.3, 0.4) is 0 Å². The van der Waals surface area contributed by atoms with Crippen LogP contribution in [0.5, 0.6) is 0 Å². The van der Waals surface area contributed by atoms with E-state index in [0.29, 0.717) is 6.54 Å². The lowest BCUT2D eigenvalue weighted by molar-refractivity contribution is 0.175. The van der Waals surface area contributed by atoms with Crippen LogP contribution in [0.2, 0.25) is 0 Å². The van der Waals surface area contributed by atoms with Crippen molar-refractivity contribution in [1.82, 2.24) is 10.2 Å². The molecule has 0 spiro atoms. The molecule has 0 radical (unpaired) electrons. The number of likely N-dealkylation sites (tertiary alicyclic amines) is 1. The van der Waals surface area contributed by atoms with Crippen LogP contribution < -0.4 is 5.32 Å². The largest absolute Gasteiger partial charge is 0.335 e. The number of rotatable bonds is 2. The third kappa shape index (κ3) is 4.36. The molecule has 15 heavy (non-hydrogen) atoms. The van der Waals surface area contributed by atoms with Gasteiger partial charge in [-0.2, -0.15) is 0 Å². The molecular weight excluding hydrogens is 188 g/mol. The van der Waals surface area contributed by atoms with Gasteiger partial charge in [-0.1, -0.05) is 18.6 Å². The van der Waals surface area contributed by atoms with Gasteiger partial charge < -0.3 is 10.2 Å². The van der Waals surface area contributed by atoms with Gasteiger partial charge in [-0.3, -0.25) is 0 Å². The van der Waals surface area contributed by atoms with Gasteiger partial charge in [0.1, 0.15) is 0 Å². The van der Waals surface area contributed by atoms with Crippen LogP contribution >= 0.6 is 0 Å². The fourth-order valence-electron chi connectivity index (χ4n) is 1.67. The smallest absolute Gasteiger partial charge is 0.317 e. The normalized spacial score (nSPS) is 17.4. The van der Waals surface area contributed by atoms with Crippen molar-refractivity contribution in [2.75, 3.05) is 19.6 Å². The third-order valence-corrected chi connectivity index (χ3v) is 2.83. The second kappa shape index (κ2) is 5.79. The monoisotopic (exact) mass is 210 g/mol.